The zero-order valence-corrected chi connectivity index (χ0v) is 30.4. The number of aromatic nitrogens is 3. The molecule has 1 atom stereocenters. The van der Waals surface area contributed by atoms with Crippen molar-refractivity contribution in [3.63, 3.8) is 0 Å². The van der Waals surface area contributed by atoms with E-state index in [0.29, 0.717) is 25.1 Å². The fourth-order valence-corrected chi connectivity index (χ4v) is 8.14. The molecule has 2 aromatic carbocycles. The largest absolute Gasteiger partial charge is 0.494 e. The Morgan fingerprint density at radius 1 is 0.811 bits per heavy atom. The molecule has 3 amide bonds. The average molecular weight is 714 g/mol. The maximum absolute atomic E-state index is 12.9. The van der Waals surface area contributed by atoms with Crippen molar-refractivity contribution in [1.29, 1.82) is 0 Å². The number of rotatable bonds is 13. The van der Waals surface area contributed by atoms with Crippen molar-refractivity contribution in [3.05, 3.63) is 90.0 Å². The topological polar surface area (TPSA) is 113 Å². The number of hydrogen-bond acceptors (Lipinski definition) is 8. The first-order chi connectivity index (χ1) is 25.9. The Labute approximate surface area is 309 Å². The Hall–Kier alpha value is -5.13. The average Bonchev–Trinajstić information content (AvgIpc) is 3.66. The third-order valence-corrected chi connectivity index (χ3v) is 11.2. The van der Waals surface area contributed by atoms with Crippen LogP contribution in [0.3, 0.4) is 0 Å². The van der Waals surface area contributed by atoms with Crippen molar-refractivity contribution >= 4 is 39.5 Å². The lowest BCUT2D eigenvalue weighted by atomic mass is 10.0. The number of benzene rings is 2. The van der Waals surface area contributed by atoms with E-state index in [1.54, 1.807) is 11.0 Å². The van der Waals surface area contributed by atoms with Crippen molar-refractivity contribution in [2.75, 3.05) is 45.9 Å². The number of ether oxygens (including phenoxy) is 1. The minimum Gasteiger partial charge on any atom is -0.494 e. The van der Waals surface area contributed by atoms with E-state index in [2.05, 4.69) is 68.1 Å². The zero-order valence-electron chi connectivity index (χ0n) is 30.4. The van der Waals surface area contributed by atoms with Gasteiger partial charge >= 0.3 is 0 Å². The molecule has 0 aliphatic carbocycles. The van der Waals surface area contributed by atoms with Gasteiger partial charge in [0.25, 0.3) is 5.91 Å². The number of piperazine rings is 1. The molecule has 0 radical (unpaired) electrons. The van der Waals surface area contributed by atoms with Gasteiger partial charge in [0.15, 0.2) is 0 Å². The number of pyridine rings is 2. The molecule has 6 heterocycles. The first-order valence-corrected chi connectivity index (χ1v) is 19.0. The van der Waals surface area contributed by atoms with Crippen LogP contribution >= 0.6 is 0 Å². The van der Waals surface area contributed by atoms with E-state index in [0.717, 1.165) is 93.9 Å². The quantitative estimate of drug-likeness (QED) is 0.129. The molecule has 3 aliphatic rings. The van der Waals surface area contributed by atoms with Crippen LogP contribution in [0, 0.1) is 0 Å². The van der Waals surface area contributed by atoms with Gasteiger partial charge in [0.05, 0.1) is 12.1 Å². The number of carbonyl (C=O) groups excluding carboxylic acids is 3. The van der Waals surface area contributed by atoms with Crippen LogP contribution in [0.25, 0.3) is 32.9 Å². The highest BCUT2D eigenvalue weighted by molar-refractivity contribution is 6.08. The SMILES string of the molecule is Cn1c2ccncc2c2ccc(-c3ccc(CCCN4CCN(CCCCCOc5ccc6c(c5)CN(C5CCC(=O)NC5=O)C6=O)CC4)nc3)cc21. The summed E-state index contributed by atoms with van der Waals surface area (Å²) in [6, 6.07) is 18.0. The van der Waals surface area contributed by atoms with E-state index in [1.165, 1.54) is 27.4 Å². The molecule has 0 bridgehead atoms. The number of imide groups is 1. The summed E-state index contributed by atoms with van der Waals surface area (Å²) in [5, 5.41) is 4.76. The Balaban J connectivity index is 0.705. The number of piperidine rings is 1. The zero-order chi connectivity index (χ0) is 36.3. The maximum Gasteiger partial charge on any atom is 0.255 e. The molecular weight excluding hydrogens is 667 g/mol. The van der Waals surface area contributed by atoms with Gasteiger partial charge in [0.1, 0.15) is 11.8 Å². The standard InChI is InChI=1S/C42H47N7O4/c1-46-37-15-16-43-27-36(37)35-11-8-29(25-39(35)46)30-7-9-32(44-26-30)6-5-18-48-21-19-47(20-22-48)17-3-2-4-23-53-33-10-12-34-31(24-33)28-49(42(34)52)38-13-14-40(50)45-41(38)51/h7-12,15-16,24-27,38H,2-6,13-14,17-23,28H2,1H3,(H,45,50,51). The number of carbonyl (C=O) groups is 3. The highest BCUT2D eigenvalue weighted by Gasteiger charge is 2.39. The van der Waals surface area contributed by atoms with Crippen LogP contribution < -0.4 is 10.1 Å². The molecule has 5 aromatic rings. The Morgan fingerprint density at radius 2 is 1.62 bits per heavy atom. The highest BCUT2D eigenvalue weighted by atomic mass is 16.5. The van der Waals surface area contributed by atoms with E-state index >= 15 is 0 Å². The molecule has 274 valence electrons. The Morgan fingerprint density at radius 3 is 2.42 bits per heavy atom. The summed E-state index contributed by atoms with van der Waals surface area (Å²) in [5.74, 6) is -0.0825. The predicted octanol–water partition coefficient (Wildman–Crippen LogP) is 5.35. The van der Waals surface area contributed by atoms with E-state index in [1.807, 2.05) is 30.7 Å². The number of unbranched alkanes of at least 4 members (excludes halogenated alkanes) is 2. The van der Waals surface area contributed by atoms with E-state index in [-0.39, 0.29) is 18.2 Å². The van der Waals surface area contributed by atoms with Gasteiger partial charge in [-0.2, -0.15) is 0 Å². The second kappa shape index (κ2) is 15.5. The molecule has 2 saturated heterocycles. The van der Waals surface area contributed by atoms with Crippen LogP contribution in [0.5, 0.6) is 5.75 Å². The molecule has 1 N–H and O–H groups in total. The molecule has 8 rings (SSSR count). The number of hydrogen-bond donors (Lipinski definition) is 1. The molecule has 2 fully saturated rings. The van der Waals surface area contributed by atoms with E-state index < -0.39 is 11.9 Å². The van der Waals surface area contributed by atoms with Crippen molar-refractivity contribution in [1.82, 2.24) is 34.6 Å². The van der Waals surface area contributed by atoms with Crippen LogP contribution in [0.2, 0.25) is 0 Å². The normalized spacial score (nSPS) is 18.2. The molecule has 11 heteroatoms. The summed E-state index contributed by atoms with van der Waals surface area (Å²) >= 11 is 0. The third kappa shape index (κ3) is 7.54. The van der Waals surface area contributed by atoms with Gasteiger partial charge in [0, 0.05) is 97.9 Å². The lowest BCUT2D eigenvalue weighted by Gasteiger charge is -2.34. The van der Waals surface area contributed by atoms with Crippen molar-refractivity contribution in [3.8, 4) is 16.9 Å². The van der Waals surface area contributed by atoms with E-state index in [9.17, 15) is 14.4 Å². The number of nitrogens with zero attached hydrogens (tertiary/aromatic N) is 6. The number of amides is 3. The minimum absolute atomic E-state index is 0.161. The lowest BCUT2D eigenvalue weighted by Crippen LogP contribution is -2.52. The fraction of sp³-hybridized carbons (Fsp3) is 0.405. The molecule has 3 aliphatic heterocycles. The molecule has 53 heavy (non-hydrogen) atoms. The second-order valence-electron chi connectivity index (χ2n) is 14.6. The van der Waals surface area contributed by atoms with Crippen molar-refractivity contribution in [2.24, 2.45) is 7.05 Å². The lowest BCUT2D eigenvalue weighted by molar-refractivity contribution is -0.136. The van der Waals surface area contributed by atoms with Gasteiger partial charge in [-0.25, -0.2) is 0 Å². The predicted molar refractivity (Wildman–Crippen MR) is 204 cm³/mol. The van der Waals surface area contributed by atoms with Crippen molar-refractivity contribution < 1.29 is 19.1 Å². The number of fused-ring (bicyclic) bond motifs is 4. The molecular formula is C42H47N7O4. The summed E-state index contributed by atoms with van der Waals surface area (Å²) in [5.41, 5.74) is 7.34. The Bertz CT molecular complexity index is 2140. The van der Waals surface area contributed by atoms with Gasteiger partial charge in [-0.05, 0) is 99.1 Å². The molecule has 3 aromatic heterocycles. The Kier molecular flexibility index (Phi) is 10.2. The van der Waals surface area contributed by atoms with Gasteiger partial charge in [-0.15, -0.1) is 0 Å². The fourth-order valence-electron chi connectivity index (χ4n) is 8.14. The van der Waals surface area contributed by atoms with Gasteiger partial charge < -0.3 is 24.0 Å². The van der Waals surface area contributed by atoms with Crippen molar-refractivity contribution in [2.45, 2.75) is 57.5 Å². The summed E-state index contributed by atoms with van der Waals surface area (Å²) in [6.45, 7) is 7.68. The smallest absolute Gasteiger partial charge is 0.255 e. The molecule has 0 spiro atoms. The second-order valence-corrected chi connectivity index (χ2v) is 14.6. The summed E-state index contributed by atoms with van der Waals surface area (Å²) < 4.78 is 8.27. The molecule has 11 nitrogen and oxygen atoms in total. The molecule has 0 saturated carbocycles. The summed E-state index contributed by atoms with van der Waals surface area (Å²) in [7, 11) is 2.11. The van der Waals surface area contributed by atoms with Crippen LogP contribution in [0.4, 0.5) is 0 Å². The number of aryl methyl sites for hydroxylation is 2. The first-order valence-electron chi connectivity index (χ1n) is 19.0. The minimum atomic E-state index is -0.601. The van der Waals surface area contributed by atoms with Gasteiger partial charge in [-0.1, -0.05) is 18.2 Å². The maximum atomic E-state index is 12.9. The van der Waals surface area contributed by atoms with Crippen LogP contribution in [0.15, 0.2) is 73.2 Å². The van der Waals surface area contributed by atoms with Crippen LogP contribution in [-0.2, 0) is 29.6 Å². The monoisotopic (exact) mass is 713 g/mol. The van der Waals surface area contributed by atoms with Gasteiger partial charge in [0.2, 0.25) is 11.8 Å². The highest BCUT2D eigenvalue weighted by Crippen LogP contribution is 2.32. The summed E-state index contributed by atoms with van der Waals surface area (Å²) in [6.07, 6.45) is 11.8. The van der Waals surface area contributed by atoms with Crippen LogP contribution in [-0.4, -0.2) is 98.9 Å². The molecule has 1 unspecified atom stereocenters. The van der Waals surface area contributed by atoms with Gasteiger partial charge in [-0.3, -0.25) is 29.7 Å². The van der Waals surface area contributed by atoms with Crippen LogP contribution in [0.1, 0.15) is 60.1 Å². The summed E-state index contributed by atoms with van der Waals surface area (Å²) in [4.78, 5) is 52.6. The van der Waals surface area contributed by atoms with E-state index in [4.69, 9.17) is 9.72 Å². The number of nitrogens with one attached hydrogen (secondary N) is 1. The third-order valence-electron chi connectivity index (χ3n) is 11.2. The first kappa shape index (κ1) is 34.9.